The SMILES string of the molecule is C/C(=C/C(=O)Nc1ccc(F)cc1C(=O)O)c1cccc2ccccc12. The van der Waals surface area contributed by atoms with Gasteiger partial charge in [-0.05, 0) is 47.0 Å². The van der Waals surface area contributed by atoms with E-state index in [0.717, 1.165) is 34.0 Å². The monoisotopic (exact) mass is 349 g/mol. The first-order chi connectivity index (χ1) is 12.5. The lowest BCUT2D eigenvalue weighted by Gasteiger charge is -2.09. The molecule has 0 unspecified atom stereocenters. The first-order valence-electron chi connectivity index (χ1n) is 7.96. The van der Waals surface area contributed by atoms with Gasteiger partial charge in [-0.1, -0.05) is 42.5 Å². The molecule has 0 atom stereocenters. The van der Waals surface area contributed by atoms with E-state index < -0.39 is 17.7 Å². The van der Waals surface area contributed by atoms with Gasteiger partial charge >= 0.3 is 5.97 Å². The fourth-order valence-electron chi connectivity index (χ4n) is 2.81. The number of carbonyl (C=O) groups is 2. The molecule has 1 amide bonds. The predicted molar refractivity (Wildman–Crippen MR) is 99.6 cm³/mol. The Labute approximate surface area is 149 Å². The summed E-state index contributed by atoms with van der Waals surface area (Å²) in [5.41, 5.74) is 1.40. The highest BCUT2D eigenvalue weighted by Gasteiger charge is 2.13. The van der Waals surface area contributed by atoms with Crippen LogP contribution in [0.3, 0.4) is 0 Å². The van der Waals surface area contributed by atoms with E-state index in [4.69, 9.17) is 5.11 Å². The Morgan fingerprint density at radius 1 is 1.00 bits per heavy atom. The summed E-state index contributed by atoms with van der Waals surface area (Å²) >= 11 is 0. The molecule has 0 aliphatic heterocycles. The summed E-state index contributed by atoms with van der Waals surface area (Å²) < 4.78 is 13.2. The third kappa shape index (κ3) is 3.62. The minimum absolute atomic E-state index is 0.0471. The highest BCUT2D eigenvalue weighted by atomic mass is 19.1. The second-order valence-corrected chi connectivity index (χ2v) is 5.84. The summed E-state index contributed by atoms with van der Waals surface area (Å²) in [6.45, 7) is 1.81. The lowest BCUT2D eigenvalue weighted by atomic mass is 9.99. The zero-order valence-corrected chi connectivity index (χ0v) is 14.0. The van der Waals surface area contributed by atoms with Crippen LogP contribution in [0.5, 0.6) is 0 Å². The molecule has 0 aliphatic carbocycles. The quantitative estimate of drug-likeness (QED) is 0.670. The Hall–Kier alpha value is -3.47. The summed E-state index contributed by atoms with van der Waals surface area (Å²) in [5, 5.41) is 13.7. The zero-order chi connectivity index (χ0) is 18.7. The number of allylic oxidation sites excluding steroid dienone is 1. The second-order valence-electron chi connectivity index (χ2n) is 5.84. The molecule has 0 saturated carbocycles. The van der Waals surface area contributed by atoms with Gasteiger partial charge in [-0.2, -0.15) is 0 Å². The van der Waals surface area contributed by atoms with E-state index in [2.05, 4.69) is 5.32 Å². The highest BCUT2D eigenvalue weighted by Crippen LogP contribution is 2.25. The number of aromatic carboxylic acids is 1. The van der Waals surface area contributed by atoms with E-state index in [1.54, 1.807) is 0 Å². The summed E-state index contributed by atoms with van der Waals surface area (Å²) in [6, 6.07) is 16.9. The third-order valence-corrected chi connectivity index (χ3v) is 4.03. The number of halogens is 1. The van der Waals surface area contributed by atoms with Crippen molar-refractivity contribution in [3.8, 4) is 0 Å². The molecule has 0 radical (unpaired) electrons. The molecule has 0 aliphatic rings. The van der Waals surface area contributed by atoms with Crippen molar-refractivity contribution in [2.45, 2.75) is 6.92 Å². The summed E-state index contributed by atoms with van der Waals surface area (Å²) in [4.78, 5) is 23.5. The van der Waals surface area contributed by atoms with Gasteiger partial charge in [0.25, 0.3) is 0 Å². The molecular weight excluding hydrogens is 333 g/mol. The molecule has 0 heterocycles. The lowest BCUT2D eigenvalue weighted by molar-refractivity contribution is -0.111. The van der Waals surface area contributed by atoms with E-state index in [9.17, 15) is 14.0 Å². The van der Waals surface area contributed by atoms with Crippen molar-refractivity contribution in [3.63, 3.8) is 0 Å². The van der Waals surface area contributed by atoms with E-state index in [1.165, 1.54) is 12.1 Å². The molecule has 130 valence electrons. The van der Waals surface area contributed by atoms with Gasteiger partial charge in [0.05, 0.1) is 11.3 Å². The van der Waals surface area contributed by atoms with Crippen LogP contribution in [0.4, 0.5) is 10.1 Å². The molecule has 2 N–H and O–H groups in total. The highest BCUT2D eigenvalue weighted by molar-refractivity contribution is 6.08. The number of nitrogens with one attached hydrogen (secondary N) is 1. The number of carboxylic acid groups (broad SMARTS) is 1. The number of hydrogen-bond acceptors (Lipinski definition) is 2. The standard InChI is InChI=1S/C21H16FNO3/c1-13(16-8-4-6-14-5-2-3-7-17(14)16)11-20(24)23-19-10-9-15(22)12-18(19)21(25)26/h2-12H,1H3,(H,23,24)(H,25,26)/b13-11-. The number of anilines is 1. The van der Waals surface area contributed by atoms with Crippen LogP contribution in [0.15, 0.2) is 66.7 Å². The smallest absolute Gasteiger partial charge is 0.337 e. The molecule has 5 heteroatoms. The Morgan fingerprint density at radius 3 is 2.50 bits per heavy atom. The number of carbonyl (C=O) groups excluding carboxylic acids is 1. The van der Waals surface area contributed by atoms with Crippen LogP contribution in [0.2, 0.25) is 0 Å². The first kappa shape index (κ1) is 17.4. The number of amides is 1. The zero-order valence-electron chi connectivity index (χ0n) is 14.0. The van der Waals surface area contributed by atoms with Gasteiger partial charge in [-0.25, -0.2) is 9.18 Å². The van der Waals surface area contributed by atoms with Crippen molar-refractivity contribution in [1.29, 1.82) is 0 Å². The number of rotatable bonds is 4. The molecule has 0 bridgehead atoms. The van der Waals surface area contributed by atoms with Gasteiger partial charge in [0.1, 0.15) is 5.82 Å². The van der Waals surface area contributed by atoms with Crippen molar-refractivity contribution in [2.24, 2.45) is 0 Å². The van der Waals surface area contributed by atoms with Gasteiger partial charge in [-0.15, -0.1) is 0 Å². The van der Waals surface area contributed by atoms with Crippen molar-refractivity contribution >= 4 is 33.9 Å². The number of benzene rings is 3. The van der Waals surface area contributed by atoms with Crippen LogP contribution in [0, 0.1) is 5.82 Å². The molecule has 3 aromatic rings. The molecule has 4 nitrogen and oxygen atoms in total. The molecular formula is C21H16FNO3. The van der Waals surface area contributed by atoms with Crippen molar-refractivity contribution in [1.82, 2.24) is 0 Å². The maximum atomic E-state index is 13.2. The third-order valence-electron chi connectivity index (χ3n) is 4.03. The van der Waals surface area contributed by atoms with E-state index in [1.807, 2.05) is 49.4 Å². The lowest BCUT2D eigenvalue weighted by Crippen LogP contribution is -2.12. The second kappa shape index (κ2) is 7.19. The number of carboxylic acids is 1. The minimum atomic E-state index is -1.31. The molecule has 0 fully saturated rings. The maximum absolute atomic E-state index is 13.2. The molecule has 3 rings (SSSR count). The van der Waals surface area contributed by atoms with Crippen LogP contribution in [0.1, 0.15) is 22.8 Å². The Kier molecular flexibility index (Phi) is 4.80. The Balaban J connectivity index is 1.90. The van der Waals surface area contributed by atoms with Gasteiger partial charge < -0.3 is 10.4 Å². The summed E-state index contributed by atoms with van der Waals surface area (Å²) in [7, 11) is 0. The molecule has 0 saturated heterocycles. The molecule has 0 spiro atoms. The Bertz CT molecular complexity index is 1040. The van der Waals surface area contributed by atoms with Crippen molar-refractivity contribution < 1.29 is 19.1 Å². The number of fused-ring (bicyclic) bond motifs is 1. The van der Waals surface area contributed by atoms with Crippen molar-refractivity contribution in [3.05, 3.63) is 83.7 Å². The molecule has 0 aromatic heterocycles. The van der Waals surface area contributed by atoms with Gasteiger partial charge in [0.15, 0.2) is 0 Å². The molecule has 26 heavy (non-hydrogen) atoms. The van der Waals surface area contributed by atoms with Crippen molar-refractivity contribution in [2.75, 3.05) is 5.32 Å². The summed E-state index contributed by atoms with van der Waals surface area (Å²) in [5.74, 6) is -2.47. The Morgan fingerprint density at radius 2 is 1.73 bits per heavy atom. The maximum Gasteiger partial charge on any atom is 0.337 e. The first-order valence-corrected chi connectivity index (χ1v) is 7.96. The van der Waals surface area contributed by atoms with Crippen LogP contribution >= 0.6 is 0 Å². The molecule has 3 aromatic carbocycles. The van der Waals surface area contributed by atoms with Gasteiger partial charge in [-0.3, -0.25) is 4.79 Å². The van der Waals surface area contributed by atoms with Crippen LogP contribution in [-0.2, 0) is 4.79 Å². The van der Waals surface area contributed by atoms with E-state index in [-0.39, 0.29) is 11.3 Å². The fraction of sp³-hybridized carbons (Fsp3) is 0.0476. The number of hydrogen-bond donors (Lipinski definition) is 2. The van der Waals surface area contributed by atoms with E-state index >= 15 is 0 Å². The average Bonchev–Trinajstić information content (AvgIpc) is 2.62. The van der Waals surface area contributed by atoms with Gasteiger partial charge in [0.2, 0.25) is 5.91 Å². The average molecular weight is 349 g/mol. The van der Waals surface area contributed by atoms with Crippen LogP contribution in [0.25, 0.3) is 16.3 Å². The minimum Gasteiger partial charge on any atom is -0.478 e. The fourth-order valence-corrected chi connectivity index (χ4v) is 2.81. The van der Waals surface area contributed by atoms with E-state index in [0.29, 0.717) is 0 Å². The normalized spacial score (nSPS) is 11.4. The van der Waals surface area contributed by atoms with Crippen LogP contribution in [-0.4, -0.2) is 17.0 Å². The van der Waals surface area contributed by atoms with Crippen LogP contribution < -0.4 is 5.32 Å². The largest absolute Gasteiger partial charge is 0.478 e. The van der Waals surface area contributed by atoms with Gasteiger partial charge in [0, 0.05) is 6.08 Å². The summed E-state index contributed by atoms with van der Waals surface area (Å²) in [6.07, 6.45) is 1.40. The topological polar surface area (TPSA) is 66.4 Å². The predicted octanol–water partition coefficient (Wildman–Crippen LogP) is 4.72.